The first-order valence-electron chi connectivity index (χ1n) is 7.35. The van der Waals surface area contributed by atoms with E-state index < -0.39 is 5.82 Å². The predicted molar refractivity (Wildman–Crippen MR) is 76.5 cm³/mol. The van der Waals surface area contributed by atoms with Crippen LogP contribution in [0.15, 0.2) is 18.2 Å². The number of carbonyl (C=O) groups is 1. The van der Waals surface area contributed by atoms with Crippen LogP contribution < -0.4 is 10.1 Å². The van der Waals surface area contributed by atoms with Crippen molar-refractivity contribution in [3.05, 3.63) is 29.6 Å². The van der Waals surface area contributed by atoms with Crippen molar-refractivity contribution >= 4 is 5.91 Å². The standard InChI is InChI=1S/C16H22FNO2/c1-20-15-10-9-12(17)11-14(15)16(19)18-13-7-5-3-2-4-6-8-13/h9-11,13H,2-8H2,1H3,(H,18,19). The Morgan fingerprint density at radius 3 is 2.50 bits per heavy atom. The zero-order chi connectivity index (χ0) is 14.4. The smallest absolute Gasteiger partial charge is 0.255 e. The number of rotatable bonds is 3. The lowest BCUT2D eigenvalue weighted by molar-refractivity contribution is 0.0927. The van der Waals surface area contributed by atoms with Gasteiger partial charge in [-0.3, -0.25) is 4.79 Å². The maximum Gasteiger partial charge on any atom is 0.255 e. The van der Waals surface area contributed by atoms with Crippen LogP contribution in [0.4, 0.5) is 4.39 Å². The van der Waals surface area contributed by atoms with Gasteiger partial charge in [0.2, 0.25) is 0 Å². The van der Waals surface area contributed by atoms with Crippen LogP contribution in [0.25, 0.3) is 0 Å². The fourth-order valence-electron chi connectivity index (χ4n) is 2.72. The SMILES string of the molecule is COc1ccc(F)cc1C(=O)NC1CCCCCCC1. The molecule has 1 aromatic carbocycles. The van der Waals surface area contributed by atoms with E-state index in [0.717, 1.165) is 25.7 Å². The number of hydrogen-bond acceptors (Lipinski definition) is 2. The van der Waals surface area contributed by atoms with Gasteiger partial charge in [-0.15, -0.1) is 0 Å². The largest absolute Gasteiger partial charge is 0.496 e. The number of amides is 1. The summed E-state index contributed by atoms with van der Waals surface area (Å²) in [6, 6.07) is 4.21. The molecule has 0 aliphatic heterocycles. The average molecular weight is 279 g/mol. The first-order chi connectivity index (χ1) is 9.70. The van der Waals surface area contributed by atoms with Crippen molar-refractivity contribution in [2.45, 2.75) is 51.0 Å². The first kappa shape index (κ1) is 14.8. The quantitative estimate of drug-likeness (QED) is 0.916. The molecule has 0 unspecified atom stereocenters. The number of methoxy groups -OCH3 is 1. The second-order valence-corrected chi connectivity index (χ2v) is 5.36. The van der Waals surface area contributed by atoms with E-state index in [0.29, 0.717) is 5.75 Å². The highest BCUT2D eigenvalue weighted by Gasteiger charge is 2.18. The summed E-state index contributed by atoms with van der Waals surface area (Å²) in [7, 11) is 1.49. The van der Waals surface area contributed by atoms with E-state index in [1.807, 2.05) is 0 Å². The molecule has 1 aromatic rings. The molecule has 20 heavy (non-hydrogen) atoms. The van der Waals surface area contributed by atoms with E-state index >= 15 is 0 Å². The van der Waals surface area contributed by atoms with Crippen LogP contribution in [-0.4, -0.2) is 19.1 Å². The Hall–Kier alpha value is -1.58. The maximum absolute atomic E-state index is 13.3. The summed E-state index contributed by atoms with van der Waals surface area (Å²) in [5.74, 6) is -0.254. The summed E-state index contributed by atoms with van der Waals surface area (Å²) in [4.78, 5) is 12.3. The van der Waals surface area contributed by atoms with Gasteiger partial charge in [0.25, 0.3) is 5.91 Å². The third-order valence-electron chi connectivity index (χ3n) is 3.85. The Balaban J connectivity index is 2.04. The van der Waals surface area contributed by atoms with Gasteiger partial charge in [-0.05, 0) is 31.0 Å². The summed E-state index contributed by atoms with van der Waals surface area (Å²) < 4.78 is 18.4. The lowest BCUT2D eigenvalue weighted by Crippen LogP contribution is -2.35. The van der Waals surface area contributed by atoms with Crippen LogP contribution in [0.2, 0.25) is 0 Å². The van der Waals surface area contributed by atoms with Crippen LogP contribution in [0.3, 0.4) is 0 Å². The monoisotopic (exact) mass is 279 g/mol. The molecule has 1 aliphatic carbocycles. The van der Waals surface area contributed by atoms with Gasteiger partial charge >= 0.3 is 0 Å². The fourth-order valence-corrected chi connectivity index (χ4v) is 2.72. The van der Waals surface area contributed by atoms with Gasteiger partial charge in [-0.25, -0.2) is 4.39 Å². The first-order valence-corrected chi connectivity index (χ1v) is 7.35. The molecular weight excluding hydrogens is 257 g/mol. The van der Waals surface area contributed by atoms with Crippen molar-refractivity contribution in [1.29, 1.82) is 0 Å². The highest BCUT2D eigenvalue weighted by molar-refractivity contribution is 5.97. The minimum atomic E-state index is -0.423. The van der Waals surface area contributed by atoms with E-state index in [1.165, 1.54) is 44.6 Å². The molecule has 110 valence electrons. The van der Waals surface area contributed by atoms with Gasteiger partial charge in [0.15, 0.2) is 0 Å². The number of benzene rings is 1. The number of ether oxygens (including phenoxy) is 1. The molecule has 4 heteroatoms. The molecule has 0 bridgehead atoms. The minimum Gasteiger partial charge on any atom is -0.496 e. The van der Waals surface area contributed by atoms with E-state index in [-0.39, 0.29) is 17.5 Å². The summed E-state index contributed by atoms with van der Waals surface area (Å²) in [6.07, 6.45) is 8.05. The molecule has 1 saturated carbocycles. The van der Waals surface area contributed by atoms with Crippen LogP contribution in [0, 0.1) is 5.82 Å². The molecular formula is C16H22FNO2. The Kier molecular flexibility index (Phi) is 5.39. The molecule has 1 N–H and O–H groups in total. The van der Waals surface area contributed by atoms with Crippen LogP contribution >= 0.6 is 0 Å². The van der Waals surface area contributed by atoms with Crippen LogP contribution in [0.1, 0.15) is 55.3 Å². The summed E-state index contributed by atoms with van der Waals surface area (Å²) in [5.41, 5.74) is 0.273. The van der Waals surface area contributed by atoms with Crippen molar-refractivity contribution in [2.24, 2.45) is 0 Å². The summed E-state index contributed by atoms with van der Waals surface area (Å²) in [6.45, 7) is 0. The normalized spacial score (nSPS) is 17.1. The molecule has 1 fully saturated rings. The predicted octanol–water partition coefficient (Wildman–Crippen LogP) is 3.68. The topological polar surface area (TPSA) is 38.3 Å². The number of hydrogen-bond donors (Lipinski definition) is 1. The van der Waals surface area contributed by atoms with Crippen LogP contribution in [-0.2, 0) is 0 Å². The van der Waals surface area contributed by atoms with E-state index in [1.54, 1.807) is 0 Å². The second kappa shape index (κ2) is 7.27. The van der Waals surface area contributed by atoms with Crippen molar-refractivity contribution in [1.82, 2.24) is 5.32 Å². The Bertz CT molecular complexity index is 454. The lowest BCUT2D eigenvalue weighted by atomic mass is 9.96. The highest BCUT2D eigenvalue weighted by atomic mass is 19.1. The van der Waals surface area contributed by atoms with Crippen molar-refractivity contribution in [2.75, 3.05) is 7.11 Å². The zero-order valence-corrected chi connectivity index (χ0v) is 12.0. The number of nitrogens with one attached hydrogen (secondary N) is 1. The Morgan fingerprint density at radius 1 is 1.20 bits per heavy atom. The van der Waals surface area contributed by atoms with Crippen molar-refractivity contribution < 1.29 is 13.9 Å². The van der Waals surface area contributed by atoms with Gasteiger partial charge in [-0.2, -0.15) is 0 Å². The van der Waals surface area contributed by atoms with Gasteiger partial charge in [0.05, 0.1) is 12.7 Å². The fraction of sp³-hybridized carbons (Fsp3) is 0.562. The second-order valence-electron chi connectivity index (χ2n) is 5.36. The molecule has 0 atom stereocenters. The molecule has 1 amide bonds. The average Bonchev–Trinajstić information content (AvgIpc) is 2.41. The van der Waals surface area contributed by atoms with Gasteiger partial charge < -0.3 is 10.1 Å². The van der Waals surface area contributed by atoms with E-state index in [9.17, 15) is 9.18 Å². The molecule has 0 radical (unpaired) electrons. The van der Waals surface area contributed by atoms with Gasteiger partial charge in [0, 0.05) is 6.04 Å². The molecule has 2 rings (SSSR count). The molecule has 0 spiro atoms. The zero-order valence-electron chi connectivity index (χ0n) is 12.0. The minimum absolute atomic E-state index is 0.191. The molecule has 1 aliphatic rings. The Labute approximate surface area is 119 Å². The van der Waals surface area contributed by atoms with Crippen LogP contribution in [0.5, 0.6) is 5.75 Å². The number of halogens is 1. The third kappa shape index (κ3) is 3.95. The molecule has 0 saturated heterocycles. The highest BCUT2D eigenvalue weighted by Crippen LogP contribution is 2.21. The number of carbonyl (C=O) groups excluding carboxylic acids is 1. The third-order valence-corrected chi connectivity index (χ3v) is 3.85. The van der Waals surface area contributed by atoms with Gasteiger partial charge in [0.1, 0.15) is 11.6 Å². The molecule has 0 heterocycles. The summed E-state index contributed by atoms with van der Waals surface area (Å²) in [5, 5.41) is 3.02. The van der Waals surface area contributed by atoms with E-state index in [2.05, 4.69) is 5.32 Å². The maximum atomic E-state index is 13.3. The van der Waals surface area contributed by atoms with Crippen molar-refractivity contribution in [3.8, 4) is 5.75 Å². The summed E-state index contributed by atoms with van der Waals surface area (Å²) >= 11 is 0. The Morgan fingerprint density at radius 2 is 1.85 bits per heavy atom. The van der Waals surface area contributed by atoms with Crippen molar-refractivity contribution in [3.63, 3.8) is 0 Å². The lowest BCUT2D eigenvalue weighted by Gasteiger charge is -2.21. The molecule has 3 nitrogen and oxygen atoms in total. The van der Waals surface area contributed by atoms with E-state index in [4.69, 9.17) is 4.74 Å². The van der Waals surface area contributed by atoms with Gasteiger partial charge in [-0.1, -0.05) is 32.1 Å². The molecule has 0 aromatic heterocycles.